The van der Waals surface area contributed by atoms with Crippen LogP contribution in [0.3, 0.4) is 0 Å². The Morgan fingerprint density at radius 3 is 1.33 bits per heavy atom. The number of hydrogen-bond acceptors (Lipinski definition) is 6. The van der Waals surface area contributed by atoms with Gasteiger partial charge in [0.15, 0.2) is 23.0 Å². The van der Waals surface area contributed by atoms with E-state index in [1.165, 1.54) is 12.4 Å². The van der Waals surface area contributed by atoms with Gasteiger partial charge in [-0.1, -0.05) is 48.5 Å². The number of nitrogens with zero attached hydrogens (tertiary/aromatic N) is 8. The highest BCUT2D eigenvalue weighted by Gasteiger charge is 2.22. The summed E-state index contributed by atoms with van der Waals surface area (Å²) >= 11 is 0. The second-order valence-corrected chi connectivity index (χ2v) is 8.31. The minimum atomic E-state index is 0.256. The van der Waals surface area contributed by atoms with Gasteiger partial charge in [0.1, 0.15) is 12.1 Å². The maximum atomic E-state index is 9.23. The van der Waals surface area contributed by atoms with Crippen LogP contribution in [0.2, 0.25) is 0 Å². The maximum absolute atomic E-state index is 9.23. The molecule has 0 N–H and O–H groups in total. The van der Waals surface area contributed by atoms with Crippen molar-refractivity contribution in [1.82, 2.24) is 29.1 Å². The summed E-state index contributed by atoms with van der Waals surface area (Å²) in [6, 6.07) is 24.6. The fourth-order valence-corrected chi connectivity index (χ4v) is 4.97. The van der Waals surface area contributed by atoms with E-state index in [0.717, 1.165) is 43.6 Å². The van der Waals surface area contributed by atoms with Gasteiger partial charge in [-0.3, -0.25) is 9.13 Å². The van der Waals surface area contributed by atoms with Crippen molar-refractivity contribution in [2.75, 3.05) is 0 Å². The van der Waals surface area contributed by atoms with Gasteiger partial charge in [0, 0.05) is 21.5 Å². The van der Waals surface area contributed by atoms with Crippen LogP contribution in [0.5, 0.6) is 0 Å². The van der Waals surface area contributed by atoms with Gasteiger partial charge in [-0.05, 0) is 12.1 Å². The zero-order chi connectivity index (χ0) is 24.2. The first-order valence-corrected chi connectivity index (χ1v) is 11.2. The molecule has 4 aromatic heterocycles. The van der Waals surface area contributed by atoms with Crippen LogP contribution in [0.1, 0.15) is 11.4 Å². The van der Waals surface area contributed by atoms with E-state index >= 15 is 0 Å². The molecule has 36 heavy (non-hydrogen) atoms. The first kappa shape index (κ1) is 19.8. The van der Waals surface area contributed by atoms with Crippen molar-refractivity contribution in [2.24, 2.45) is 0 Å². The Morgan fingerprint density at radius 2 is 0.944 bits per heavy atom. The van der Waals surface area contributed by atoms with Crippen LogP contribution < -0.4 is 0 Å². The zero-order valence-corrected chi connectivity index (χ0v) is 18.7. The van der Waals surface area contributed by atoms with Crippen LogP contribution in [0.4, 0.5) is 0 Å². The lowest BCUT2D eigenvalue weighted by molar-refractivity contribution is 1.01. The number of aromatic nitrogens is 6. The molecule has 8 nitrogen and oxygen atoms in total. The lowest BCUT2D eigenvalue weighted by atomic mass is 10.1. The van der Waals surface area contributed by atoms with Crippen LogP contribution in [-0.2, 0) is 0 Å². The molecule has 0 atom stereocenters. The van der Waals surface area contributed by atoms with Gasteiger partial charge >= 0.3 is 0 Å². The second-order valence-electron chi connectivity index (χ2n) is 8.31. The Labute approximate surface area is 204 Å². The van der Waals surface area contributed by atoms with Crippen LogP contribution in [-0.4, -0.2) is 29.1 Å². The van der Waals surface area contributed by atoms with E-state index in [4.69, 9.17) is 0 Å². The average molecular weight is 462 g/mol. The lowest BCUT2D eigenvalue weighted by Gasteiger charge is -2.10. The van der Waals surface area contributed by atoms with Crippen LogP contribution in [0.25, 0.3) is 55.2 Å². The van der Waals surface area contributed by atoms with Crippen molar-refractivity contribution >= 4 is 43.6 Å². The summed E-state index contributed by atoms with van der Waals surface area (Å²) in [6.45, 7) is 0. The quantitative estimate of drug-likeness (QED) is 0.349. The Bertz CT molecular complexity index is 1900. The molecule has 4 heterocycles. The van der Waals surface area contributed by atoms with Crippen molar-refractivity contribution in [3.05, 3.63) is 96.8 Å². The fraction of sp³-hybridized carbons (Fsp3) is 0. The van der Waals surface area contributed by atoms with Gasteiger partial charge in [-0.2, -0.15) is 10.5 Å². The van der Waals surface area contributed by atoms with Crippen molar-refractivity contribution in [2.45, 2.75) is 0 Å². The molecule has 0 bridgehead atoms. The molecule has 0 unspecified atom stereocenters. The lowest BCUT2D eigenvalue weighted by Crippen LogP contribution is -2.03. The van der Waals surface area contributed by atoms with Gasteiger partial charge in [0.2, 0.25) is 0 Å². The SMILES string of the molecule is N#Cc1cnc(-n2c3ccccc3c3ccc4c5ccccc5n(-c5cnc(C#N)cn5)c4c32)cn1. The molecular formula is C28H14N8. The summed E-state index contributed by atoms with van der Waals surface area (Å²) in [7, 11) is 0. The highest BCUT2D eigenvalue weighted by Crippen LogP contribution is 2.40. The number of para-hydroxylation sites is 2. The minimum Gasteiger partial charge on any atom is -0.290 e. The summed E-state index contributed by atoms with van der Waals surface area (Å²) in [4.78, 5) is 17.7. The standard InChI is InChI=1S/C28H14N8/c29-11-17-13-33-25(15-31-17)35-23-7-3-1-5-19(23)21-9-10-22-20-6-2-4-8-24(20)36(28(22)27(21)35)26-16-32-18(12-30)14-34-26/h1-10,13-16H. The molecule has 3 aromatic carbocycles. The van der Waals surface area contributed by atoms with E-state index in [2.05, 4.69) is 65.5 Å². The molecule has 0 saturated carbocycles. The van der Waals surface area contributed by atoms with E-state index in [-0.39, 0.29) is 11.4 Å². The number of hydrogen-bond donors (Lipinski definition) is 0. The van der Waals surface area contributed by atoms with Gasteiger partial charge < -0.3 is 0 Å². The molecule has 7 aromatic rings. The maximum Gasteiger partial charge on any atom is 0.158 e. The van der Waals surface area contributed by atoms with Gasteiger partial charge in [-0.25, -0.2) is 19.9 Å². The Kier molecular flexibility index (Phi) is 4.11. The average Bonchev–Trinajstić information content (AvgIpc) is 3.46. The highest BCUT2D eigenvalue weighted by molar-refractivity contribution is 6.23. The molecule has 0 aliphatic rings. The van der Waals surface area contributed by atoms with Crippen molar-refractivity contribution in [1.29, 1.82) is 10.5 Å². The summed E-state index contributed by atoms with van der Waals surface area (Å²) in [5, 5.41) is 22.7. The van der Waals surface area contributed by atoms with E-state index in [9.17, 15) is 10.5 Å². The molecule has 0 radical (unpaired) electrons. The number of fused-ring (bicyclic) bond motifs is 7. The van der Waals surface area contributed by atoms with E-state index in [1.54, 1.807) is 12.4 Å². The molecule has 0 spiro atoms. The van der Waals surface area contributed by atoms with Gasteiger partial charge in [0.25, 0.3) is 0 Å². The molecule has 0 amide bonds. The molecule has 8 heteroatoms. The van der Waals surface area contributed by atoms with Crippen LogP contribution in [0.15, 0.2) is 85.5 Å². The second kappa shape index (κ2) is 7.45. The summed E-state index contributed by atoms with van der Waals surface area (Å²) in [5.74, 6) is 1.21. The van der Waals surface area contributed by atoms with E-state index in [1.807, 2.05) is 36.4 Å². The Balaban J connectivity index is 1.72. The predicted octanol–water partition coefficient (Wildman–Crippen LogP) is 5.20. The van der Waals surface area contributed by atoms with Crippen molar-refractivity contribution in [3.8, 4) is 23.8 Å². The third-order valence-corrected chi connectivity index (χ3v) is 6.43. The number of nitriles is 2. The van der Waals surface area contributed by atoms with Crippen molar-refractivity contribution < 1.29 is 0 Å². The largest absolute Gasteiger partial charge is 0.290 e. The summed E-state index contributed by atoms with van der Waals surface area (Å²) in [5.41, 5.74) is 4.34. The van der Waals surface area contributed by atoms with Crippen molar-refractivity contribution in [3.63, 3.8) is 0 Å². The molecule has 166 valence electrons. The molecule has 0 aliphatic carbocycles. The molecule has 0 saturated heterocycles. The predicted molar refractivity (Wildman–Crippen MR) is 136 cm³/mol. The van der Waals surface area contributed by atoms with E-state index < -0.39 is 0 Å². The highest BCUT2D eigenvalue weighted by atomic mass is 15.1. The molecule has 0 aliphatic heterocycles. The van der Waals surface area contributed by atoms with Crippen LogP contribution >= 0.6 is 0 Å². The third kappa shape index (κ3) is 2.67. The molecular weight excluding hydrogens is 448 g/mol. The summed E-state index contributed by atoms with van der Waals surface area (Å²) in [6.07, 6.45) is 6.21. The topological polar surface area (TPSA) is 109 Å². The normalized spacial score (nSPS) is 11.3. The number of rotatable bonds is 2. The first-order chi connectivity index (χ1) is 17.8. The Morgan fingerprint density at radius 1 is 0.500 bits per heavy atom. The third-order valence-electron chi connectivity index (χ3n) is 6.43. The van der Waals surface area contributed by atoms with Gasteiger partial charge in [-0.15, -0.1) is 0 Å². The zero-order valence-electron chi connectivity index (χ0n) is 18.7. The number of benzene rings is 3. The monoisotopic (exact) mass is 462 g/mol. The summed E-state index contributed by atoms with van der Waals surface area (Å²) < 4.78 is 4.15. The fourth-order valence-electron chi connectivity index (χ4n) is 4.97. The minimum absolute atomic E-state index is 0.256. The smallest absolute Gasteiger partial charge is 0.158 e. The van der Waals surface area contributed by atoms with E-state index in [0.29, 0.717) is 11.6 Å². The first-order valence-electron chi connectivity index (χ1n) is 11.2. The molecule has 0 fully saturated rings. The van der Waals surface area contributed by atoms with Crippen LogP contribution in [0, 0.1) is 22.7 Å². The van der Waals surface area contributed by atoms with Gasteiger partial charge in [0.05, 0.1) is 46.9 Å². The molecule has 7 rings (SSSR count). The Hall–Kier alpha value is -5.60.